The van der Waals surface area contributed by atoms with E-state index >= 15 is 0 Å². The predicted octanol–water partition coefficient (Wildman–Crippen LogP) is 0.802. The maximum Gasteiger partial charge on any atom is 0.180 e. The van der Waals surface area contributed by atoms with E-state index in [1.54, 1.807) is 11.3 Å². The monoisotopic (exact) mass is 183 g/mol. The molecule has 0 saturated carbocycles. The van der Waals surface area contributed by atoms with Gasteiger partial charge in [-0.05, 0) is 26.3 Å². The molecule has 1 heterocycles. The zero-order chi connectivity index (χ0) is 8.55. The van der Waals surface area contributed by atoms with Crippen molar-refractivity contribution in [3.63, 3.8) is 0 Å². The largest absolute Gasteiger partial charge is 0.375 e. The third-order valence-corrected chi connectivity index (χ3v) is 3.31. The van der Waals surface area contributed by atoms with Gasteiger partial charge in [0.05, 0.1) is 5.69 Å². The van der Waals surface area contributed by atoms with E-state index in [-0.39, 0.29) is 0 Å². The lowest BCUT2D eigenvalue weighted by molar-refractivity contribution is 0.497. The van der Waals surface area contributed by atoms with Crippen LogP contribution in [0.25, 0.3) is 0 Å². The first kappa shape index (κ1) is 8.01. The third kappa shape index (κ3) is 1.32. The number of aryl methyl sites for hydroxylation is 1. The highest BCUT2D eigenvalue weighted by Crippen LogP contribution is 2.27. The molecule has 3 N–H and O–H groups in total. The first-order chi connectivity index (χ1) is 5.79. The SMILES string of the molecule is CN[C@H]1CCc2nc(N)sc2C1. The van der Waals surface area contributed by atoms with Crippen molar-refractivity contribution in [2.75, 3.05) is 12.8 Å². The van der Waals surface area contributed by atoms with Crippen molar-refractivity contribution in [2.45, 2.75) is 25.3 Å². The Morgan fingerprint density at radius 1 is 1.67 bits per heavy atom. The van der Waals surface area contributed by atoms with Gasteiger partial charge < -0.3 is 11.1 Å². The fourth-order valence-electron chi connectivity index (χ4n) is 1.64. The molecular formula is C8H13N3S. The van der Waals surface area contributed by atoms with Gasteiger partial charge in [-0.25, -0.2) is 4.98 Å². The van der Waals surface area contributed by atoms with Gasteiger partial charge in [0, 0.05) is 10.9 Å². The van der Waals surface area contributed by atoms with Crippen LogP contribution in [-0.4, -0.2) is 18.1 Å². The van der Waals surface area contributed by atoms with Gasteiger partial charge in [0.15, 0.2) is 5.13 Å². The number of aromatic nitrogens is 1. The number of hydrogen-bond acceptors (Lipinski definition) is 4. The molecule has 0 unspecified atom stereocenters. The second-order valence-electron chi connectivity index (χ2n) is 3.15. The normalized spacial score (nSPS) is 22.2. The zero-order valence-electron chi connectivity index (χ0n) is 7.13. The molecule has 1 aromatic rings. The van der Waals surface area contributed by atoms with Crippen molar-refractivity contribution < 1.29 is 0 Å². The lowest BCUT2D eigenvalue weighted by atomic mass is 9.98. The molecule has 1 aliphatic carbocycles. The molecule has 0 radical (unpaired) electrons. The maximum atomic E-state index is 5.63. The van der Waals surface area contributed by atoms with Gasteiger partial charge in [0.2, 0.25) is 0 Å². The molecule has 1 atom stereocenters. The zero-order valence-corrected chi connectivity index (χ0v) is 7.95. The van der Waals surface area contributed by atoms with Crippen LogP contribution in [0.4, 0.5) is 5.13 Å². The van der Waals surface area contributed by atoms with E-state index in [2.05, 4.69) is 10.3 Å². The van der Waals surface area contributed by atoms with Gasteiger partial charge in [-0.15, -0.1) is 11.3 Å². The molecule has 66 valence electrons. The summed E-state index contributed by atoms with van der Waals surface area (Å²) in [6.07, 6.45) is 3.36. The molecular weight excluding hydrogens is 170 g/mol. The van der Waals surface area contributed by atoms with Gasteiger partial charge >= 0.3 is 0 Å². The molecule has 1 aromatic heterocycles. The Labute approximate surface area is 76.0 Å². The number of likely N-dealkylation sites (N-methyl/N-ethyl adjacent to an activating group) is 1. The van der Waals surface area contributed by atoms with Crippen molar-refractivity contribution in [2.24, 2.45) is 0 Å². The van der Waals surface area contributed by atoms with Crippen LogP contribution in [0.2, 0.25) is 0 Å². The van der Waals surface area contributed by atoms with Crippen molar-refractivity contribution >= 4 is 16.5 Å². The minimum Gasteiger partial charge on any atom is -0.375 e. The molecule has 0 amide bonds. The summed E-state index contributed by atoms with van der Waals surface area (Å²) < 4.78 is 0. The number of nitrogen functional groups attached to an aromatic ring is 1. The Bertz CT molecular complexity index is 282. The second kappa shape index (κ2) is 3.03. The number of fused-ring (bicyclic) bond motifs is 1. The number of anilines is 1. The molecule has 0 saturated heterocycles. The van der Waals surface area contributed by atoms with Crippen molar-refractivity contribution in [3.8, 4) is 0 Å². The Morgan fingerprint density at radius 2 is 2.50 bits per heavy atom. The van der Waals surface area contributed by atoms with Gasteiger partial charge in [-0.3, -0.25) is 0 Å². The first-order valence-corrected chi connectivity index (χ1v) is 5.02. The Hall–Kier alpha value is -0.610. The summed E-state index contributed by atoms with van der Waals surface area (Å²) in [5.41, 5.74) is 6.86. The summed E-state index contributed by atoms with van der Waals surface area (Å²) in [5.74, 6) is 0. The molecule has 0 aromatic carbocycles. The van der Waals surface area contributed by atoms with Crippen LogP contribution in [0.5, 0.6) is 0 Å². The van der Waals surface area contributed by atoms with Crippen molar-refractivity contribution in [1.82, 2.24) is 10.3 Å². The summed E-state index contributed by atoms with van der Waals surface area (Å²) in [5, 5.41) is 4.01. The smallest absolute Gasteiger partial charge is 0.180 e. The number of rotatable bonds is 1. The third-order valence-electron chi connectivity index (χ3n) is 2.36. The fraction of sp³-hybridized carbons (Fsp3) is 0.625. The number of nitrogens with zero attached hydrogens (tertiary/aromatic N) is 1. The van der Waals surface area contributed by atoms with Gasteiger partial charge in [-0.1, -0.05) is 0 Å². The molecule has 0 spiro atoms. The lowest BCUT2D eigenvalue weighted by Gasteiger charge is -2.19. The van der Waals surface area contributed by atoms with E-state index < -0.39 is 0 Å². The van der Waals surface area contributed by atoms with E-state index in [0.29, 0.717) is 6.04 Å². The standard InChI is InChI=1S/C8H13N3S/c1-10-5-2-3-6-7(4-5)12-8(9)11-6/h5,10H,2-4H2,1H3,(H2,9,11)/t5-/m0/s1. The first-order valence-electron chi connectivity index (χ1n) is 4.21. The summed E-state index contributed by atoms with van der Waals surface area (Å²) in [6.45, 7) is 0. The highest BCUT2D eigenvalue weighted by molar-refractivity contribution is 7.15. The Balaban J connectivity index is 2.22. The van der Waals surface area contributed by atoms with E-state index in [9.17, 15) is 0 Å². The minimum absolute atomic E-state index is 0.623. The molecule has 0 fully saturated rings. The van der Waals surface area contributed by atoms with E-state index in [0.717, 1.165) is 18.0 Å². The summed E-state index contributed by atoms with van der Waals surface area (Å²) in [6, 6.07) is 0.623. The fourth-order valence-corrected chi connectivity index (χ4v) is 2.60. The summed E-state index contributed by atoms with van der Waals surface area (Å²) in [4.78, 5) is 5.66. The quantitative estimate of drug-likeness (QED) is 0.677. The number of nitrogens with one attached hydrogen (secondary N) is 1. The van der Waals surface area contributed by atoms with Crippen LogP contribution in [-0.2, 0) is 12.8 Å². The van der Waals surface area contributed by atoms with Crippen LogP contribution >= 0.6 is 11.3 Å². The number of thiazole rings is 1. The molecule has 2 rings (SSSR count). The average molecular weight is 183 g/mol. The molecule has 1 aliphatic rings. The van der Waals surface area contributed by atoms with Gasteiger partial charge in [-0.2, -0.15) is 0 Å². The maximum absolute atomic E-state index is 5.63. The molecule has 0 aliphatic heterocycles. The summed E-state index contributed by atoms with van der Waals surface area (Å²) in [7, 11) is 2.01. The highest BCUT2D eigenvalue weighted by Gasteiger charge is 2.20. The molecule has 3 nitrogen and oxygen atoms in total. The van der Waals surface area contributed by atoms with Crippen LogP contribution < -0.4 is 11.1 Å². The molecule has 12 heavy (non-hydrogen) atoms. The number of nitrogens with two attached hydrogens (primary N) is 1. The van der Waals surface area contributed by atoms with Crippen LogP contribution in [0.15, 0.2) is 0 Å². The molecule has 4 heteroatoms. The van der Waals surface area contributed by atoms with Crippen LogP contribution in [0.3, 0.4) is 0 Å². The van der Waals surface area contributed by atoms with Gasteiger partial charge in [0.1, 0.15) is 0 Å². The number of hydrogen-bond donors (Lipinski definition) is 2. The van der Waals surface area contributed by atoms with Crippen molar-refractivity contribution in [1.29, 1.82) is 0 Å². The van der Waals surface area contributed by atoms with Crippen LogP contribution in [0, 0.1) is 0 Å². The van der Waals surface area contributed by atoms with E-state index in [1.165, 1.54) is 17.0 Å². The average Bonchev–Trinajstić information content (AvgIpc) is 2.43. The van der Waals surface area contributed by atoms with E-state index in [1.807, 2.05) is 7.05 Å². The minimum atomic E-state index is 0.623. The van der Waals surface area contributed by atoms with Crippen molar-refractivity contribution in [3.05, 3.63) is 10.6 Å². The Kier molecular flexibility index (Phi) is 2.02. The molecule has 0 bridgehead atoms. The van der Waals surface area contributed by atoms with E-state index in [4.69, 9.17) is 5.73 Å². The second-order valence-corrected chi connectivity index (χ2v) is 4.27. The Morgan fingerprint density at radius 3 is 3.25 bits per heavy atom. The highest BCUT2D eigenvalue weighted by atomic mass is 32.1. The van der Waals surface area contributed by atoms with Crippen LogP contribution in [0.1, 0.15) is 17.0 Å². The van der Waals surface area contributed by atoms with Gasteiger partial charge in [0.25, 0.3) is 0 Å². The topological polar surface area (TPSA) is 50.9 Å². The predicted molar refractivity (Wildman–Crippen MR) is 51.4 cm³/mol. The summed E-state index contributed by atoms with van der Waals surface area (Å²) >= 11 is 1.64. The lowest BCUT2D eigenvalue weighted by Crippen LogP contribution is -2.30.